The van der Waals surface area contributed by atoms with Crippen LogP contribution in [-0.2, 0) is 14.3 Å². The molecule has 1 unspecified atom stereocenters. The van der Waals surface area contributed by atoms with E-state index in [1.165, 1.54) is 18.2 Å². The van der Waals surface area contributed by atoms with Gasteiger partial charge in [0.25, 0.3) is 0 Å². The van der Waals surface area contributed by atoms with Crippen LogP contribution in [0, 0.1) is 0 Å². The molecule has 0 aliphatic carbocycles. The topological polar surface area (TPSA) is 69.4 Å². The van der Waals surface area contributed by atoms with E-state index in [2.05, 4.69) is 4.74 Å². The van der Waals surface area contributed by atoms with Crippen molar-refractivity contribution in [3.8, 4) is 0 Å². The third kappa shape index (κ3) is 5.18. The number of halogens is 5. The Bertz CT molecular complexity index is 549. The van der Waals surface area contributed by atoms with Gasteiger partial charge in [-0.3, -0.25) is 4.79 Å². The Balaban J connectivity index is 2.76. The van der Waals surface area contributed by atoms with Crippen LogP contribution in [0.3, 0.4) is 0 Å². The maximum atomic E-state index is 12.0. The first kappa shape index (κ1) is 17.7. The van der Waals surface area contributed by atoms with Gasteiger partial charge in [-0.1, -0.05) is 29.3 Å². The molecule has 1 aromatic carbocycles. The molecule has 0 heterocycles. The molecule has 1 aromatic rings. The Kier molecular flexibility index (Phi) is 6.00. The van der Waals surface area contributed by atoms with E-state index in [1.807, 2.05) is 0 Å². The van der Waals surface area contributed by atoms with Crippen LogP contribution in [0.25, 0.3) is 0 Å². The molecule has 0 amide bonds. The number of carbonyl (C=O) groups excluding carboxylic acids is 2. The summed E-state index contributed by atoms with van der Waals surface area (Å²) in [7, 11) is 0. The smallest absolute Gasteiger partial charge is 0.386 e. The Morgan fingerprint density at radius 2 is 1.86 bits per heavy atom. The van der Waals surface area contributed by atoms with Gasteiger partial charge in [-0.25, -0.2) is 4.79 Å². The molecule has 0 aromatic heterocycles. The van der Waals surface area contributed by atoms with Gasteiger partial charge in [-0.15, -0.1) is 0 Å². The molecule has 116 valence electrons. The average molecular weight is 344 g/mol. The zero-order valence-electron chi connectivity index (χ0n) is 10.4. The van der Waals surface area contributed by atoms with E-state index >= 15 is 0 Å². The standard InChI is InChI=1S/C12H10Cl2F3NO3/c13-8-2-1-6(3-9(8)14)7(5-18)4-10(19)21-11(20)12(15,16)17/h1-3,7H,4-5,18H2. The largest absolute Gasteiger partial charge is 0.491 e. The summed E-state index contributed by atoms with van der Waals surface area (Å²) in [6.07, 6.45) is -5.71. The average Bonchev–Trinajstić information content (AvgIpc) is 2.38. The number of rotatable bonds is 4. The lowest BCUT2D eigenvalue weighted by molar-refractivity contribution is -0.201. The Hall–Kier alpha value is -1.31. The molecule has 0 radical (unpaired) electrons. The molecule has 0 bridgehead atoms. The fraction of sp³-hybridized carbons (Fsp3) is 0.333. The molecule has 0 aliphatic rings. The molecule has 21 heavy (non-hydrogen) atoms. The van der Waals surface area contributed by atoms with Crippen molar-refractivity contribution in [2.24, 2.45) is 5.73 Å². The SMILES string of the molecule is NCC(CC(=O)OC(=O)C(F)(F)F)c1ccc(Cl)c(Cl)c1. The van der Waals surface area contributed by atoms with Crippen molar-refractivity contribution in [1.82, 2.24) is 0 Å². The number of carbonyl (C=O) groups is 2. The first-order chi connectivity index (χ1) is 9.65. The van der Waals surface area contributed by atoms with E-state index in [0.717, 1.165) is 0 Å². The summed E-state index contributed by atoms with van der Waals surface area (Å²) < 4.78 is 39.6. The zero-order chi connectivity index (χ0) is 16.2. The van der Waals surface area contributed by atoms with E-state index in [1.54, 1.807) is 0 Å². The number of ether oxygens (including phenoxy) is 1. The minimum atomic E-state index is -5.22. The minimum Gasteiger partial charge on any atom is -0.386 e. The molecule has 2 N–H and O–H groups in total. The molecular formula is C12H10Cl2F3NO3. The van der Waals surface area contributed by atoms with Crippen molar-refractivity contribution in [2.45, 2.75) is 18.5 Å². The van der Waals surface area contributed by atoms with Crippen molar-refractivity contribution in [3.63, 3.8) is 0 Å². The first-order valence-corrected chi connectivity index (χ1v) is 6.37. The Morgan fingerprint density at radius 1 is 1.24 bits per heavy atom. The second-order valence-electron chi connectivity index (χ2n) is 4.07. The highest BCUT2D eigenvalue weighted by molar-refractivity contribution is 6.42. The van der Waals surface area contributed by atoms with E-state index in [9.17, 15) is 22.8 Å². The second kappa shape index (κ2) is 7.11. The van der Waals surface area contributed by atoms with Crippen LogP contribution >= 0.6 is 23.2 Å². The third-order valence-corrected chi connectivity index (χ3v) is 3.29. The van der Waals surface area contributed by atoms with Crippen molar-refractivity contribution in [3.05, 3.63) is 33.8 Å². The number of esters is 2. The van der Waals surface area contributed by atoms with Crippen LogP contribution in [0.1, 0.15) is 17.9 Å². The monoisotopic (exact) mass is 343 g/mol. The number of hydrogen-bond acceptors (Lipinski definition) is 4. The van der Waals surface area contributed by atoms with Gasteiger partial charge in [-0.2, -0.15) is 13.2 Å². The second-order valence-corrected chi connectivity index (χ2v) is 4.88. The summed E-state index contributed by atoms with van der Waals surface area (Å²) in [4.78, 5) is 21.9. The van der Waals surface area contributed by atoms with Crippen molar-refractivity contribution in [1.29, 1.82) is 0 Å². The van der Waals surface area contributed by atoms with Crippen molar-refractivity contribution in [2.75, 3.05) is 6.54 Å². The number of alkyl halides is 3. The van der Waals surface area contributed by atoms with Gasteiger partial charge in [0.2, 0.25) is 0 Å². The van der Waals surface area contributed by atoms with Gasteiger partial charge in [0, 0.05) is 5.92 Å². The lowest BCUT2D eigenvalue weighted by Crippen LogP contribution is -2.29. The minimum absolute atomic E-state index is 0.0483. The van der Waals surface area contributed by atoms with Gasteiger partial charge in [-0.05, 0) is 24.2 Å². The fourth-order valence-electron chi connectivity index (χ4n) is 1.51. The van der Waals surface area contributed by atoms with Crippen molar-refractivity contribution < 1.29 is 27.5 Å². The summed E-state index contributed by atoms with van der Waals surface area (Å²) in [5.41, 5.74) is 5.97. The third-order valence-electron chi connectivity index (χ3n) is 2.55. The highest BCUT2D eigenvalue weighted by atomic mass is 35.5. The number of hydrogen-bond donors (Lipinski definition) is 1. The van der Waals surface area contributed by atoms with Crippen LogP contribution in [-0.4, -0.2) is 24.7 Å². The molecule has 1 atom stereocenters. The van der Waals surface area contributed by atoms with E-state index in [4.69, 9.17) is 28.9 Å². The lowest BCUT2D eigenvalue weighted by atomic mass is 9.96. The van der Waals surface area contributed by atoms with Crippen LogP contribution < -0.4 is 5.73 Å². The molecule has 0 fully saturated rings. The van der Waals surface area contributed by atoms with Gasteiger partial charge in [0.1, 0.15) is 0 Å². The van der Waals surface area contributed by atoms with Crippen LogP contribution in [0.15, 0.2) is 18.2 Å². The Morgan fingerprint density at radius 3 is 2.33 bits per heavy atom. The maximum absolute atomic E-state index is 12.0. The molecule has 4 nitrogen and oxygen atoms in total. The summed E-state index contributed by atoms with van der Waals surface area (Å²) in [6, 6.07) is 4.44. The van der Waals surface area contributed by atoms with Crippen molar-refractivity contribution >= 4 is 35.1 Å². The molecule has 9 heteroatoms. The van der Waals surface area contributed by atoms with Gasteiger partial charge >= 0.3 is 18.1 Å². The number of benzene rings is 1. The molecule has 0 spiro atoms. The van der Waals surface area contributed by atoms with Crippen LogP contribution in [0.5, 0.6) is 0 Å². The number of nitrogens with two attached hydrogens (primary N) is 1. The summed E-state index contributed by atoms with van der Waals surface area (Å²) >= 11 is 11.5. The fourth-order valence-corrected chi connectivity index (χ4v) is 1.81. The molecule has 0 aliphatic heterocycles. The highest BCUT2D eigenvalue weighted by Crippen LogP contribution is 2.28. The quantitative estimate of drug-likeness (QED) is 0.673. The van der Waals surface area contributed by atoms with E-state index < -0.39 is 30.5 Å². The summed E-state index contributed by atoms with van der Waals surface area (Å²) in [6.45, 7) is -0.0483. The predicted molar refractivity (Wildman–Crippen MR) is 70.0 cm³/mol. The summed E-state index contributed by atoms with van der Waals surface area (Å²) in [5.74, 6) is -4.52. The summed E-state index contributed by atoms with van der Waals surface area (Å²) in [5, 5.41) is 0.498. The molecular weight excluding hydrogens is 334 g/mol. The maximum Gasteiger partial charge on any atom is 0.491 e. The lowest BCUT2D eigenvalue weighted by Gasteiger charge is -2.15. The molecule has 0 saturated carbocycles. The van der Waals surface area contributed by atoms with Gasteiger partial charge in [0.05, 0.1) is 16.5 Å². The first-order valence-electron chi connectivity index (χ1n) is 5.62. The zero-order valence-corrected chi connectivity index (χ0v) is 11.9. The van der Waals surface area contributed by atoms with Crippen LogP contribution in [0.2, 0.25) is 10.0 Å². The van der Waals surface area contributed by atoms with E-state index in [-0.39, 0.29) is 16.6 Å². The van der Waals surface area contributed by atoms with E-state index in [0.29, 0.717) is 5.56 Å². The Labute approximate surface area is 128 Å². The van der Waals surface area contributed by atoms with Gasteiger partial charge in [0.15, 0.2) is 0 Å². The highest BCUT2D eigenvalue weighted by Gasteiger charge is 2.42. The molecule has 0 saturated heterocycles. The van der Waals surface area contributed by atoms with Crippen LogP contribution in [0.4, 0.5) is 13.2 Å². The normalized spacial score (nSPS) is 12.9. The van der Waals surface area contributed by atoms with Gasteiger partial charge < -0.3 is 10.5 Å². The predicted octanol–water partition coefficient (Wildman–Crippen LogP) is 3.06. The molecule has 1 rings (SSSR count).